The Balaban J connectivity index is 2.67. The zero-order valence-electron chi connectivity index (χ0n) is 12.6. The molecule has 0 aliphatic carbocycles. The first-order valence-corrected chi connectivity index (χ1v) is 7.12. The fraction of sp³-hybridized carbons (Fsp3) is 0.412. The monoisotopic (exact) mass is 272 g/mol. The van der Waals surface area contributed by atoms with Crippen LogP contribution < -0.4 is 5.32 Å². The topological polar surface area (TPSA) is 41.5 Å². The molecule has 0 aliphatic rings. The van der Waals surface area contributed by atoms with E-state index in [2.05, 4.69) is 29.4 Å². The summed E-state index contributed by atoms with van der Waals surface area (Å²) < 4.78 is 0. The lowest BCUT2D eigenvalue weighted by Gasteiger charge is -2.12. The molecule has 0 saturated heterocycles. The lowest BCUT2D eigenvalue weighted by atomic mass is 10.0. The van der Waals surface area contributed by atoms with Gasteiger partial charge in [-0.15, -0.1) is 0 Å². The molecule has 0 saturated carbocycles. The molecule has 1 rings (SSSR count). The quantitative estimate of drug-likeness (QED) is 0.357. The lowest BCUT2D eigenvalue weighted by molar-refractivity contribution is -0.105. The second kappa shape index (κ2) is 9.08. The highest BCUT2D eigenvalue weighted by Crippen LogP contribution is 2.10. The minimum absolute atomic E-state index is 0.746. The molecule has 0 amide bonds. The zero-order chi connectivity index (χ0) is 14.8. The number of allylic oxidation sites excluding steroid dienone is 2. The Hall–Kier alpha value is -1.90. The Kier molecular flexibility index (Phi) is 7.33. The number of carbonyl (C=O) groups excluding carboxylic acids is 1. The first kappa shape index (κ1) is 16.2. The van der Waals surface area contributed by atoms with Gasteiger partial charge in [-0.3, -0.25) is 9.79 Å². The molecule has 1 aromatic carbocycles. The number of hydrogen-bond donors (Lipinski definition) is 1. The maximum Gasteiger partial charge on any atom is 0.147 e. The van der Waals surface area contributed by atoms with Gasteiger partial charge in [-0.1, -0.05) is 37.3 Å². The molecule has 3 heteroatoms. The standard InChI is InChI=1S/C17H24N2O/c1-4-8-17(18-3)19-14(2)16(13-20)12-11-15-9-6-5-7-10-15/h5-7,9-10,13H,4,8,11-12H2,1-3H3,(H,18,19)/b16-14-. The first-order chi connectivity index (χ1) is 9.71. The number of hydrogen-bond acceptors (Lipinski definition) is 2. The number of aryl methyl sites for hydroxylation is 1. The Labute approximate surface area is 121 Å². The minimum atomic E-state index is 0.746. The number of benzene rings is 1. The van der Waals surface area contributed by atoms with Gasteiger partial charge in [-0.2, -0.15) is 0 Å². The van der Waals surface area contributed by atoms with Crippen molar-refractivity contribution in [2.24, 2.45) is 4.99 Å². The van der Waals surface area contributed by atoms with E-state index in [0.717, 1.165) is 49.1 Å². The Morgan fingerprint density at radius 3 is 2.50 bits per heavy atom. The second-order valence-corrected chi connectivity index (χ2v) is 4.80. The van der Waals surface area contributed by atoms with Crippen molar-refractivity contribution in [1.82, 2.24) is 5.32 Å². The van der Waals surface area contributed by atoms with E-state index in [1.807, 2.05) is 25.1 Å². The van der Waals surface area contributed by atoms with Gasteiger partial charge in [0, 0.05) is 24.7 Å². The van der Waals surface area contributed by atoms with Crippen molar-refractivity contribution >= 4 is 12.1 Å². The van der Waals surface area contributed by atoms with Crippen molar-refractivity contribution < 1.29 is 4.79 Å². The fourth-order valence-electron chi connectivity index (χ4n) is 2.02. The van der Waals surface area contributed by atoms with Crippen molar-refractivity contribution in [2.45, 2.75) is 39.5 Å². The lowest BCUT2D eigenvalue weighted by Crippen LogP contribution is -2.22. The molecule has 20 heavy (non-hydrogen) atoms. The number of nitrogens with zero attached hydrogens (tertiary/aromatic N) is 1. The molecule has 0 spiro atoms. The average Bonchev–Trinajstić information content (AvgIpc) is 2.48. The summed E-state index contributed by atoms with van der Waals surface area (Å²) in [6.45, 7) is 4.05. The van der Waals surface area contributed by atoms with E-state index in [1.165, 1.54) is 5.56 Å². The molecular formula is C17H24N2O. The third-order valence-electron chi connectivity index (χ3n) is 3.24. The Morgan fingerprint density at radius 1 is 1.25 bits per heavy atom. The maximum atomic E-state index is 11.3. The predicted octanol–water partition coefficient (Wildman–Crippen LogP) is 3.51. The van der Waals surface area contributed by atoms with Crippen molar-refractivity contribution in [3.63, 3.8) is 0 Å². The smallest absolute Gasteiger partial charge is 0.147 e. The molecule has 108 valence electrons. The zero-order valence-corrected chi connectivity index (χ0v) is 12.6. The molecule has 0 radical (unpaired) electrons. The van der Waals surface area contributed by atoms with Gasteiger partial charge in [0.2, 0.25) is 0 Å². The van der Waals surface area contributed by atoms with Gasteiger partial charge >= 0.3 is 0 Å². The van der Waals surface area contributed by atoms with Gasteiger partial charge in [-0.25, -0.2) is 0 Å². The molecule has 0 aromatic heterocycles. The molecule has 0 fully saturated rings. The molecule has 3 nitrogen and oxygen atoms in total. The molecular weight excluding hydrogens is 248 g/mol. The van der Waals surface area contributed by atoms with Crippen LogP contribution >= 0.6 is 0 Å². The molecule has 1 aromatic rings. The summed E-state index contributed by atoms with van der Waals surface area (Å²) in [6.07, 6.45) is 4.51. The SMILES string of the molecule is CCCC(=NC)N/C(C)=C(\C=O)CCc1ccccc1. The van der Waals surface area contributed by atoms with E-state index in [9.17, 15) is 4.79 Å². The first-order valence-electron chi connectivity index (χ1n) is 7.12. The van der Waals surface area contributed by atoms with Crippen molar-refractivity contribution in [2.75, 3.05) is 7.05 Å². The van der Waals surface area contributed by atoms with Crippen LogP contribution in [0, 0.1) is 0 Å². The summed E-state index contributed by atoms with van der Waals surface area (Å²) in [5.41, 5.74) is 2.97. The van der Waals surface area contributed by atoms with Gasteiger partial charge < -0.3 is 5.32 Å². The van der Waals surface area contributed by atoms with Crippen LogP contribution in [0.4, 0.5) is 0 Å². The highest BCUT2D eigenvalue weighted by Gasteiger charge is 2.05. The molecule has 0 aliphatic heterocycles. The molecule has 0 heterocycles. The van der Waals surface area contributed by atoms with Crippen LogP contribution in [-0.2, 0) is 11.2 Å². The van der Waals surface area contributed by atoms with E-state index in [1.54, 1.807) is 7.05 Å². The summed E-state index contributed by atoms with van der Waals surface area (Å²) in [4.78, 5) is 15.5. The number of aldehydes is 1. The third-order valence-corrected chi connectivity index (χ3v) is 3.24. The third kappa shape index (κ3) is 5.39. The number of amidine groups is 1. The van der Waals surface area contributed by atoms with Gasteiger partial charge in [0.15, 0.2) is 0 Å². The predicted molar refractivity (Wildman–Crippen MR) is 84.9 cm³/mol. The van der Waals surface area contributed by atoms with Crippen LogP contribution in [0.1, 0.15) is 38.7 Å². The largest absolute Gasteiger partial charge is 0.347 e. The van der Waals surface area contributed by atoms with Crippen LogP contribution in [0.25, 0.3) is 0 Å². The van der Waals surface area contributed by atoms with Gasteiger partial charge in [0.25, 0.3) is 0 Å². The van der Waals surface area contributed by atoms with E-state index in [0.29, 0.717) is 0 Å². The van der Waals surface area contributed by atoms with E-state index < -0.39 is 0 Å². The highest BCUT2D eigenvalue weighted by molar-refractivity contribution is 5.85. The van der Waals surface area contributed by atoms with Crippen molar-refractivity contribution in [3.8, 4) is 0 Å². The summed E-state index contributed by atoms with van der Waals surface area (Å²) in [6, 6.07) is 10.2. The van der Waals surface area contributed by atoms with Crippen LogP contribution in [-0.4, -0.2) is 19.2 Å². The van der Waals surface area contributed by atoms with E-state index >= 15 is 0 Å². The summed E-state index contributed by atoms with van der Waals surface area (Å²) in [7, 11) is 1.77. The highest BCUT2D eigenvalue weighted by atomic mass is 16.1. The van der Waals surface area contributed by atoms with Gasteiger partial charge in [-0.05, 0) is 31.7 Å². The maximum absolute atomic E-state index is 11.3. The molecule has 0 unspecified atom stereocenters. The van der Waals surface area contributed by atoms with Crippen molar-refractivity contribution in [3.05, 3.63) is 47.2 Å². The number of nitrogens with one attached hydrogen (secondary N) is 1. The minimum Gasteiger partial charge on any atom is -0.347 e. The Morgan fingerprint density at radius 2 is 1.95 bits per heavy atom. The van der Waals surface area contributed by atoms with Gasteiger partial charge in [0.1, 0.15) is 12.1 Å². The van der Waals surface area contributed by atoms with Crippen LogP contribution in [0.3, 0.4) is 0 Å². The normalized spacial score (nSPS) is 12.8. The summed E-state index contributed by atoms with van der Waals surface area (Å²) in [5, 5.41) is 3.25. The van der Waals surface area contributed by atoms with Crippen LogP contribution in [0.15, 0.2) is 46.6 Å². The summed E-state index contributed by atoms with van der Waals surface area (Å²) >= 11 is 0. The number of carbonyl (C=O) groups is 1. The molecule has 0 atom stereocenters. The fourth-order valence-corrected chi connectivity index (χ4v) is 2.02. The van der Waals surface area contributed by atoms with Gasteiger partial charge in [0.05, 0.1) is 0 Å². The van der Waals surface area contributed by atoms with Crippen LogP contribution in [0.5, 0.6) is 0 Å². The second-order valence-electron chi connectivity index (χ2n) is 4.80. The van der Waals surface area contributed by atoms with E-state index in [-0.39, 0.29) is 0 Å². The molecule has 1 N–H and O–H groups in total. The van der Waals surface area contributed by atoms with Crippen molar-refractivity contribution in [1.29, 1.82) is 0 Å². The number of rotatable bonds is 7. The summed E-state index contributed by atoms with van der Waals surface area (Å²) in [5.74, 6) is 0.934. The van der Waals surface area contributed by atoms with E-state index in [4.69, 9.17) is 0 Å². The van der Waals surface area contributed by atoms with Crippen LogP contribution in [0.2, 0.25) is 0 Å². The number of aliphatic imine (C=N–C) groups is 1. The average molecular weight is 272 g/mol. The Bertz CT molecular complexity index is 475. The molecule has 0 bridgehead atoms.